The van der Waals surface area contributed by atoms with Gasteiger partial charge in [-0.05, 0) is 58.7 Å². The summed E-state index contributed by atoms with van der Waals surface area (Å²) in [6.45, 7) is 10.2. The summed E-state index contributed by atoms with van der Waals surface area (Å²) in [5.41, 5.74) is 2.84. The molecule has 39 heavy (non-hydrogen) atoms. The topological polar surface area (TPSA) is 111 Å². The number of carbonyl (C=O) groups is 2. The van der Waals surface area contributed by atoms with E-state index in [0.717, 1.165) is 5.69 Å². The van der Waals surface area contributed by atoms with Gasteiger partial charge < -0.3 is 10.4 Å². The van der Waals surface area contributed by atoms with E-state index in [0.29, 0.717) is 71.9 Å². The molecular formula is C29H35ClFN5O3. The molecule has 1 aromatic carbocycles. The lowest BCUT2D eigenvalue weighted by Crippen LogP contribution is -2.50. The van der Waals surface area contributed by atoms with Crippen LogP contribution in [0.2, 0.25) is 5.02 Å². The van der Waals surface area contributed by atoms with Gasteiger partial charge in [0, 0.05) is 59.6 Å². The van der Waals surface area contributed by atoms with Crippen molar-refractivity contribution in [1.29, 1.82) is 0 Å². The van der Waals surface area contributed by atoms with Gasteiger partial charge in [0.1, 0.15) is 11.6 Å². The van der Waals surface area contributed by atoms with Gasteiger partial charge in [0.2, 0.25) is 0 Å². The van der Waals surface area contributed by atoms with Crippen LogP contribution >= 0.6 is 11.6 Å². The molecule has 0 unspecified atom stereocenters. The number of likely N-dealkylation sites (tertiary alicyclic amines) is 1. The van der Waals surface area contributed by atoms with E-state index in [-0.39, 0.29) is 23.3 Å². The maximum absolute atomic E-state index is 14.6. The summed E-state index contributed by atoms with van der Waals surface area (Å²) in [7, 11) is 0. The van der Waals surface area contributed by atoms with E-state index in [1.807, 2.05) is 40.7 Å². The predicted molar refractivity (Wildman–Crippen MR) is 149 cm³/mol. The number of aliphatic carboxylic acids is 1. The van der Waals surface area contributed by atoms with Gasteiger partial charge in [-0.15, -0.1) is 0 Å². The summed E-state index contributed by atoms with van der Waals surface area (Å²) in [6, 6.07) is 6.64. The number of piperidine rings is 1. The van der Waals surface area contributed by atoms with Crippen LogP contribution in [-0.4, -0.2) is 49.5 Å². The normalized spacial score (nSPS) is 19.7. The number of halogens is 2. The van der Waals surface area contributed by atoms with Crippen LogP contribution in [0.15, 0.2) is 24.3 Å². The molecule has 0 bridgehead atoms. The van der Waals surface area contributed by atoms with Crippen LogP contribution in [0.25, 0.3) is 0 Å². The third kappa shape index (κ3) is 5.84. The zero-order valence-corrected chi connectivity index (χ0v) is 23.7. The van der Waals surface area contributed by atoms with Gasteiger partial charge in [-0.25, -0.2) is 9.37 Å². The first kappa shape index (κ1) is 28.7. The number of carboxylic acid groups (broad SMARTS) is 1. The third-order valence-corrected chi connectivity index (χ3v) is 8.18. The molecule has 0 spiro atoms. The molecule has 3 N–H and O–H groups in total. The lowest BCUT2D eigenvalue weighted by molar-refractivity contribution is -0.153. The summed E-state index contributed by atoms with van der Waals surface area (Å²) >= 11 is 5.97. The first-order valence-electron chi connectivity index (χ1n) is 13.2. The Labute approximate surface area is 233 Å². The van der Waals surface area contributed by atoms with Crippen LogP contribution in [0.1, 0.15) is 71.5 Å². The minimum Gasteiger partial charge on any atom is -0.481 e. The quantitative estimate of drug-likeness (QED) is 0.271. The molecule has 2 atom stereocenters. The average molecular weight is 556 g/mol. The fraction of sp³-hybridized carbons (Fsp3) is 0.448. The number of Topliss-reactive ketones (excluding diaryl/α,β-unsaturated/α-hetero) is 1. The Balaban J connectivity index is 1.66. The van der Waals surface area contributed by atoms with Gasteiger partial charge in [-0.2, -0.15) is 5.10 Å². The molecule has 4 rings (SSSR count). The van der Waals surface area contributed by atoms with E-state index in [1.54, 1.807) is 12.1 Å². The van der Waals surface area contributed by atoms with Gasteiger partial charge in [0.05, 0.1) is 10.4 Å². The van der Waals surface area contributed by atoms with Crippen molar-refractivity contribution in [3.05, 3.63) is 68.7 Å². The van der Waals surface area contributed by atoms with Crippen molar-refractivity contribution in [2.45, 2.75) is 72.9 Å². The number of aromatic amines is 1. The molecule has 3 aromatic rings. The van der Waals surface area contributed by atoms with E-state index in [9.17, 15) is 19.1 Å². The zero-order chi connectivity index (χ0) is 28.5. The average Bonchev–Trinajstić information content (AvgIpc) is 3.30. The van der Waals surface area contributed by atoms with E-state index in [2.05, 4.69) is 20.4 Å². The molecule has 10 heteroatoms. The Morgan fingerprint density at radius 3 is 2.64 bits per heavy atom. The lowest BCUT2D eigenvalue weighted by Gasteiger charge is -2.43. The van der Waals surface area contributed by atoms with E-state index >= 15 is 0 Å². The molecule has 1 aliphatic heterocycles. The smallest absolute Gasteiger partial charge is 0.310 e. The standard InChI is InChI=1S/C29H35ClFN5O3/c1-6-23(37)25-18(4)22(32-27(19(25)5)33-24-12-16(2)34-35-24)14-29(28(38)39)10-11-36(17(3)13-29)15-20-8-7-9-21(30)26(20)31/h7-9,12,17H,6,10-11,13-15H2,1-5H3,(H,38,39)(H2,32,33,34,35)/t17-,29-/m1/s1. The molecule has 208 valence electrons. The fourth-order valence-corrected chi connectivity index (χ4v) is 5.78. The number of pyridine rings is 1. The molecule has 0 saturated carbocycles. The van der Waals surface area contributed by atoms with Crippen LogP contribution in [0.5, 0.6) is 0 Å². The fourth-order valence-electron chi connectivity index (χ4n) is 5.59. The predicted octanol–water partition coefficient (Wildman–Crippen LogP) is 6.16. The number of ketones is 1. The summed E-state index contributed by atoms with van der Waals surface area (Å²) in [5, 5.41) is 20.9. The second-order valence-electron chi connectivity index (χ2n) is 10.6. The van der Waals surface area contributed by atoms with Gasteiger partial charge in [-0.1, -0.05) is 30.7 Å². The number of carboxylic acids is 1. The molecule has 1 saturated heterocycles. The Kier molecular flexibility index (Phi) is 8.42. The molecule has 8 nitrogen and oxygen atoms in total. The number of aryl methyl sites for hydroxylation is 1. The van der Waals surface area contributed by atoms with E-state index in [4.69, 9.17) is 16.6 Å². The number of hydrogen-bond donors (Lipinski definition) is 3. The van der Waals surface area contributed by atoms with Gasteiger partial charge in [0.25, 0.3) is 0 Å². The number of nitrogens with zero attached hydrogens (tertiary/aromatic N) is 3. The zero-order valence-electron chi connectivity index (χ0n) is 23.0. The molecule has 1 fully saturated rings. The summed E-state index contributed by atoms with van der Waals surface area (Å²) in [4.78, 5) is 32.7. The third-order valence-electron chi connectivity index (χ3n) is 7.89. The number of anilines is 2. The molecule has 0 amide bonds. The Bertz CT molecular complexity index is 1410. The number of hydrogen-bond acceptors (Lipinski definition) is 6. The highest BCUT2D eigenvalue weighted by molar-refractivity contribution is 6.30. The summed E-state index contributed by atoms with van der Waals surface area (Å²) < 4.78 is 14.6. The van der Waals surface area contributed by atoms with Crippen molar-refractivity contribution in [3.8, 4) is 0 Å². The highest BCUT2D eigenvalue weighted by Crippen LogP contribution is 2.40. The minimum atomic E-state index is -1.08. The van der Waals surface area contributed by atoms with Crippen LogP contribution < -0.4 is 5.32 Å². The summed E-state index contributed by atoms with van der Waals surface area (Å²) in [5.74, 6) is -0.310. The van der Waals surface area contributed by atoms with Crippen molar-refractivity contribution in [1.82, 2.24) is 20.1 Å². The number of benzene rings is 1. The minimum absolute atomic E-state index is 0.0222. The second kappa shape index (κ2) is 11.4. The van der Waals surface area contributed by atoms with Gasteiger partial charge >= 0.3 is 5.97 Å². The van der Waals surface area contributed by atoms with Crippen molar-refractivity contribution in [2.75, 3.05) is 11.9 Å². The number of H-pyrrole nitrogens is 1. The highest BCUT2D eigenvalue weighted by Gasteiger charge is 2.45. The number of carbonyl (C=O) groups excluding carboxylic acids is 1. The van der Waals surface area contributed by atoms with Crippen molar-refractivity contribution in [2.24, 2.45) is 5.41 Å². The largest absolute Gasteiger partial charge is 0.481 e. The van der Waals surface area contributed by atoms with Gasteiger partial charge in [-0.3, -0.25) is 19.6 Å². The van der Waals surface area contributed by atoms with Gasteiger partial charge in [0.15, 0.2) is 11.6 Å². The van der Waals surface area contributed by atoms with E-state index in [1.165, 1.54) is 6.07 Å². The Morgan fingerprint density at radius 2 is 2.03 bits per heavy atom. The van der Waals surface area contributed by atoms with E-state index < -0.39 is 17.2 Å². The molecular weight excluding hydrogens is 521 g/mol. The molecule has 2 aromatic heterocycles. The second-order valence-corrected chi connectivity index (χ2v) is 11.0. The Hall–Kier alpha value is -3.30. The number of nitrogens with one attached hydrogen (secondary N) is 2. The maximum Gasteiger partial charge on any atom is 0.310 e. The van der Waals surface area contributed by atoms with Crippen LogP contribution in [-0.2, 0) is 17.8 Å². The highest BCUT2D eigenvalue weighted by atomic mass is 35.5. The molecule has 0 radical (unpaired) electrons. The maximum atomic E-state index is 14.6. The van der Waals surface area contributed by atoms with Crippen molar-refractivity contribution < 1.29 is 19.1 Å². The number of aromatic nitrogens is 3. The monoisotopic (exact) mass is 555 g/mol. The SMILES string of the molecule is CCC(=O)c1c(C)c(C[C@@]2(C(=O)O)CCN(Cc3cccc(Cl)c3F)[C@H](C)C2)nc(Nc2cc(C)[nH]n2)c1C. The molecule has 3 heterocycles. The molecule has 1 aliphatic rings. The first-order chi connectivity index (χ1) is 18.5. The lowest BCUT2D eigenvalue weighted by atomic mass is 9.71. The molecule has 0 aliphatic carbocycles. The van der Waals surface area contributed by atoms with Crippen LogP contribution in [0.4, 0.5) is 16.0 Å². The Morgan fingerprint density at radius 1 is 1.28 bits per heavy atom. The van der Waals surface area contributed by atoms with Crippen LogP contribution in [0.3, 0.4) is 0 Å². The first-order valence-corrected chi connectivity index (χ1v) is 13.6. The van der Waals surface area contributed by atoms with Crippen molar-refractivity contribution in [3.63, 3.8) is 0 Å². The van der Waals surface area contributed by atoms with Crippen LogP contribution in [0, 0.1) is 32.0 Å². The summed E-state index contributed by atoms with van der Waals surface area (Å²) in [6.07, 6.45) is 1.22. The van der Waals surface area contributed by atoms with Crippen molar-refractivity contribution >= 4 is 35.0 Å². The number of rotatable bonds is 9.